The van der Waals surface area contributed by atoms with Crippen LogP contribution in [0.25, 0.3) is 0 Å². The molecule has 0 aromatic heterocycles. The molecule has 1 aromatic rings. The first-order chi connectivity index (χ1) is 8.02. The molecule has 0 aliphatic carbocycles. The maximum atomic E-state index is 12.2. The van der Waals surface area contributed by atoms with Crippen molar-refractivity contribution in [2.45, 2.75) is 30.1 Å². The topological polar surface area (TPSA) is 40.5 Å². The van der Waals surface area contributed by atoms with Crippen LogP contribution in [0.5, 0.6) is 0 Å². The Morgan fingerprint density at radius 2 is 2.00 bits per heavy atom. The lowest BCUT2D eigenvalue weighted by molar-refractivity contribution is -0.120. The van der Waals surface area contributed by atoms with E-state index in [9.17, 15) is 9.90 Å². The second kappa shape index (κ2) is 4.70. The first-order valence-corrected chi connectivity index (χ1v) is 6.61. The standard InChI is InChI=1S/C13H17NO2S/c1-8(2)11(15)12-13(16)14(3)9-6-4-5-7-10(9)17-12/h4-8,11-12,15H,1-3H3/t11-,12+/m0/s1. The number of hydrogen-bond donors (Lipinski definition) is 1. The van der Waals surface area contributed by atoms with Gasteiger partial charge in [-0.05, 0) is 18.1 Å². The Bertz CT molecular complexity index is 433. The van der Waals surface area contributed by atoms with Crippen LogP contribution in [0.2, 0.25) is 0 Å². The largest absolute Gasteiger partial charge is 0.391 e. The summed E-state index contributed by atoms with van der Waals surface area (Å²) in [5.74, 6) is 0.0602. The predicted molar refractivity (Wildman–Crippen MR) is 70.3 cm³/mol. The SMILES string of the molecule is CC(C)[C@H](O)[C@H]1Sc2ccccc2N(C)C1=O. The van der Waals surface area contributed by atoms with E-state index in [1.54, 1.807) is 11.9 Å². The Morgan fingerprint density at radius 3 is 2.65 bits per heavy atom. The van der Waals surface area contributed by atoms with Crippen molar-refractivity contribution in [3.63, 3.8) is 0 Å². The number of carbonyl (C=O) groups is 1. The Balaban J connectivity index is 2.34. The first-order valence-electron chi connectivity index (χ1n) is 5.73. The van der Waals surface area contributed by atoms with Crippen molar-refractivity contribution < 1.29 is 9.90 Å². The van der Waals surface area contributed by atoms with E-state index in [1.807, 2.05) is 38.1 Å². The van der Waals surface area contributed by atoms with Crippen LogP contribution in [-0.2, 0) is 4.79 Å². The number of aliphatic hydroxyl groups is 1. The number of anilines is 1. The maximum Gasteiger partial charge on any atom is 0.242 e. The van der Waals surface area contributed by atoms with Crippen LogP contribution in [-0.4, -0.2) is 29.4 Å². The van der Waals surface area contributed by atoms with E-state index in [1.165, 1.54) is 11.8 Å². The molecular weight excluding hydrogens is 234 g/mol. The van der Waals surface area contributed by atoms with Crippen molar-refractivity contribution in [1.29, 1.82) is 0 Å². The third-order valence-electron chi connectivity index (χ3n) is 3.05. The fourth-order valence-corrected chi connectivity index (χ4v) is 3.37. The molecular formula is C13H17NO2S. The first kappa shape index (κ1) is 12.5. The van der Waals surface area contributed by atoms with Crippen LogP contribution in [0.15, 0.2) is 29.2 Å². The van der Waals surface area contributed by atoms with Gasteiger partial charge in [0.2, 0.25) is 5.91 Å². The van der Waals surface area contributed by atoms with Crippen LogP contribution in [0, 0.1) is 5.92 Å². The highest BCUT2D eigenvalue weighted by Crippen LogP contribution is 2.40. The normalized spacial score (nSPS) is 21.6. The highest BCUT2D eigenvalue weighted by molar-refractivity contribution is 8.01. The van der Waals surface area contributed by atoms with Crippen LogP contribution < -0.4 is 4.90 Å². The lowest BCUT2D eigenvalue weighted by Crippen LogP contribution is -2.45. The second-order valence-electron chi connectivity index (χ2n) is 4.64. The molecule has 1 aliphatic heterocycles. The molecule has 92 valence electrons. The van der Waals surface area contributed by atoms with E-state index in [0.29, 0.717) is 0 Å². The minimum absolute atomic E-state index is 0.0186. The summed E-state index contributed by atoms with van der Waals surface area (Å²) < 4.78 is 0. The number of rotatable bonds is 2. The molecule has 0 radical (unpaired) electrons. The quantitative estimate of drug-likeness (QED) is 0.875. The van der Waals surface area contributed by atoms with Crippen LogP contribution in [0.3, 0.4) is 0 Å². The van der Waals surface area contributed by atoms with Gasteiger partial charge in [-0.2, -0.15) is 0 Å². The molecule has 17 heavy (non-hydrogen) atoms. The summed E-state index contributed by atoms with van der Waals surface area (Å²) >= 11 is 1.46. The minimum atomic E-state index is -0.608. The molecule has 0 fully saturated rings. The lowest BCUT2D eigenvalue weighted by atomic mass is 10.0. The molecule has 1 aliphatic rings. The van der Waals surface area contributed by atoms with Gasteiger partial charge < -0.3 is 10.0 Å². The molecule has 1 N–H and O–H groups in total. The Morgan fingerprint density at radius 1 is 1.35 bits per heavy atom. The number of carbonyl (C=O) groups excluding carboxylic acids is 1. The van der Waals surface area contributed by atoms with Gasteiger partial charge in [-0.3, -0.25) is 4.79 Å². The minimum Gasteiger partial charge on any atom is -0.391 e. The van der Waals surface area contributed by atoms with Gasteiger partial charge in [-0.1, -0.05) is 26.0 Å². The molecule has 4 heteroatoms. The zero-order valence-electron chi connectivity index (χ0n) is 10.3. The number of benzene rings is 1. The van der Waals surface area contributed by atoms with Gasteiger partial charge in [0.1, 0.15) is 5.25 Å². The Labute approximate surface area is 106 Å². The van der Waals surface area contributed by atoms with Crippen molar-refractivity contribution in [2.75, 3.05) is 11.9 Å². The molecule has 2 rings (SSSR count). The van der Waals surface area contributed by atoms with E-state index in [0.717, 1.165) is 10.6 Å². The number of nitrogens with zero attached hydrogens (tertiary/aromatic N) is 1. The van der Waals surface area contributed by atoms with E-state index < -0.39 is 11.4 Å². The summed E-state index contributed by atoms with van der Waals surface area (Å²) in [5, 5.41) is 9.70. The fourth-order valence-electron chi connectivity index (χ4n) is 1.90. The van der Waals surface area contributed by atoms with Gasteiger partial charge in [-0.15, -0.1) is 11.8 Å². The van der Waals surface area contributed by atoms with E-state index in [-0.39, 0.29) is 11.8 Å². The number of hydrogen-bond acceptors (Lipinski definition) is 3. The van der Waals surface area contributed by atoms with Crippen molar-refractivity contribution >= 4 is 23.4 Å². The molecule has 0 spiro atoms. The van der Waals surface area contributed by atoms with Gasteiger partial charge in [0.05, 0.1) is 11.8 Å². The number of amides is 1. The van der Waals surface area contributed by atoms with Gasteiger partial charge in [0.15, 0.2) is 0 Å². The Kier molecular flexibility index (Phi) is 3.45. The molecule has 0 saturated carbocycles. The molecule has 3 nitrogen and oxygen atoms in total. The monoisotopic (exact) mass is 251 g/mol. The third-order valence-corrected chi connectivity index (χ3v) is 4.38. The van der Waals surface area contributed by atoms with E-state index in [2.05, 4.69) is 0 Å². The number of fused-ring (bicyclic) bond motifs is 1. The molecule has 0 bridgehead atoms. The van der Waals surface area contributed by atoms with Crippen LogP contribution in [0.4, 0.5) is 5.69 Å². The molecule has 1 aromatic carbocycles. The summed E-state index contributed by atoms with van der Waals surface area (Å²) in [6, 6.07) is 7.79. The van der Waals surface area contributed by atoms with Crippen molar-refractivity contribution in [3.05, 3.63) is 24.3 Å². The molecule has 1 heterocycles. The lowest BCUT2D eigenvalue weighted by Gasteiger charge is -2.34. The zero-order valence-corrected chi connectivity index (χ0v) is 11.1. The van der Waals surface area contributed by atoms with E-state index >= 15 is 0 Å². The van der Waals surface area contributed by atoms with E-state index in [4.69, 9.17) is 0 Å². The zero-order chi connectivity index (χ0) is 12.6. The average Bonchev–Trinajstić information content (AvgIpc) is 2.33. The summed E-state index contributed by atoms with van der Waals surface area (Å²) in [5.41, 5.74) is 0.926. The average molecular weight is 251 g/mol. The molecule has 1 amide bonds. The molecule has 0 unspecified atom stereocenters. The van der Waals surface area contributed by atoms with Gasteiger partial charge in [0.25, 0.3) is 0 Å². The highest BCUT2D eigenvalue weighted by atomic mass is 32.2. The number of aliphatic hydroxyl groups excluding tert-OH is 1. The summed E-state index contributed by atoms with van der Waals surface area (Å²) in [6.07, 6.45) is -0.608. The smallest absolute Gasteiger partial charge is 0.242 e. The second-order valence-corrected chi connectivity index (χ2v) is 5.82. The number of para-hydroxylation sites is 1. The van der Waals surface area contributed by atoms with Gasteiger partial charge in [0, 0.05) is 11.9 Å². The maximum absolute atomic E-state index is 12.2. The summed E-state index contributed by atoms with van der Waals surface area (Å²) in [7, 11) is 1.76. The highest BCUT2D eigenvalue weighted by Gasteiger charge is 2.37. The summed E-state index contributed by atoms with van der Waals surface area (Å²) in [4.78, 5) is 14.9. The molecule has 0 saturated heterocycles. The predicted octanol–water partition coefficient (Wildman–Crippen LogP) is 2.14. The van der Waals surface area contributed by atoms with Crippen molar-refractivity contribution in [1.82, 2.24) is 0 Å². The van der Waals surface area contributed by atoms with Crippen LogP contribution >= 0.6 is 11.8 Å². The van der Waals surface area contributed by atoms with Crippen molar-refractivity contribution in [3.8, 4) is 0 Å². The number of thioether (sulfide) groups is 1. The fraction of sp³-hybridized carbons (Fsp3) is 0.462. The molecule has 2 atom stereocenters. The summed E-state index contributed by atoms with van der Waals surface area (Å²) in [6.45, 7) is 3.86. The third kappa shape index (κ3) is 2.19. The van der Waals surface area contributed by atoms with Gasteiger partial charge in [-0.25, -0.2) is 0 Å². The van der Waals surface area contributed by atoms with Crippen LogP contribution in [0.1, 0.15) is 13.8 Å². The Hall–Kier alpha value is -1.00. The van der Waals surface area contributed by atoms with Gasteiger partial charge >= 0.3 is 0 Å². The van der Waals surface area contributed by atoms with Crippen molar-refractivity contribution in [2.24, 2.45) is 5.92 Å².